The van der Waals surface area contributed by atoms with Gasteiger partial charge in [-0.1, -0.05) is 13.3 Å². The Morgan fingerprint density at radius 2 is 2.20 bits per heavy atom. The summed E-state index contributed by atoms with van der Waals surface area (Å²) in [7, 11) is 0. The average molecular weight is 145 g/mol. The molecule has 0 aliphatic heterocycles. The van der Waals surface area contributed by atoms with Gasteiger partial charge in [-0.3, -0.25) is 0 Å². The monoisotopic (exact) mass is 145 g/mol. The SMILES string of the molecule is [CH2]C(O)COC(C)CCC. The largest absolute Gasteiger partial charge is 0.391 e. The number of hydrogen-bond acceptors (Lipinski definition) is 2. The van der Waals surface area contributed by atoms with E-state index in [1.165, 1.54) is 0 Å². The zero-order valence-electron chi connectivity index (χ0n) is 6.84. The molecule has 0 spiro atoms. The van der Waals surface area contributed by atoms with E-state index in [9.17, 15) is 0 Å². The summed E-state index contributed by atoms with van der Waals surface area (Å²) in [6.07, 6.45) is 1.84. The molecule has 0 fully saturated rings. The molecular weight excluding hydrogens is 128 g/mol. The van der Waals surface area contributed by atoms with Crippen LogP contribution < -0.4 is 0 Å². The summed E-state index contributed by atoms with van der Waals surface area (Å²) in [5, 5.41) is 8.73. The molecule has 2 atom stereocenters. The number of aliphatic hydroxyl groups excluding tert-OH is 1. The van der Waals surface area contributed by atoms with E-state index < -0.39 is 6.10 Å². The predicted molar refractivity (Wildman–Crippen MR) is 41.7 cm³/mol. The molecule has 10 heavy (non-hydrogen) atoms. The van der Waals surface area contributed by atoms with Gasteiger partial charge in [-0.2, -0.15) is 0 Å². The minimum atomic E-state index is -0.584. The lowest BCUT2D eigenvalue weighted by Gasteiger charge is -2.12. The molecule has 0 amide bonds. The Morgan fingerprint density at radius 1 is 1.60 bits per heavy atom. The maximum Gasteiger partial charge on any atom is 0.0774 e. The summed E-state index contributed by atoms with van der Waals surface area (Å²) in [6.45, 7) is 7.87. The highest BCUT2D eigenvalue weighted by Gasteiger charge is 2.01. The van der Waals surface area contributed by atoms with Gasteiger partial charge in [0.2, 0.25) is 0 Å². The molecule has 0 aliphatic rings. The number of hydrogen-bond donors (Lipinski definition) is 1. The molecule has 2 unspecified atom stereocenters. The van der Waals surface area contributed by atoms with Crippen LogP contribution in [0, 0.1) is 6.92 Å². The number of rotatable bonds is 5. The lowest BCUT2D eigenvalue weighted by molar-refractivity contribution is 0.0106. The Morgan fingerprint density at radius 3 is 2.60 bits per heavy atom. The molecule has 1 radical (unpaired) electrons. The second-order valence-electron chi connectivity index (χ2n) is 2.59. The Labute approximate surface area is 63.2 Å². The maximum absolute atomic E-state index is 8.73. The standard InChI is InChI=1S/C8H17O2/c1-4-5-8(3)10-6-7(2)9/h7-9H,2,4-6H2,1,3H3. The lowest BCUT2D eigenvalue weighted by atomic mass is 10.2. The van der Waals surface area contributed by atoms with E-state index in [0.29, 0.717) is 6.61 Å². The van der Waals surface area contributed by atoms with Gasteiger partial charge < -0.3 is 9.84 Å². The van der Waals surface area contributed by atoms with Crippen molar-refractivity contribution < 1.29 is 9.84 Å². The molecule has 2 heteroatoms. The molecule has 1 N–H and O–H groups in total. The minimum absolute atomic E-state index is 0.251. The molecule has 0 saturated heterocycles. The van der Waals surface area contributed by atoms with Crippen LogP contribution in [0.3, 0.4) is 0 Å². The summed E-state index contributed by atoms with van der Waals surface area (Å²) in [6, 6.07) is 0. The molecule has 0 heterocycles. The first-order valence-electron chi connectivity index (χ1n) is 3.79. The molecule has 0 aliphatic carbocycles. The molecule has 61 valence electrons. The summed E-state index contributed by atoms with van der Waals surface area (Å²) in [5.41, 5.74) is 0. The predicted octanol–water partition coefficient (Wildman–Crippen LogP) is 1.39. The van der Waals surface area contributed by atoms with E-state index in [2.05, 4.69) is 13.8 Å². The van der Waals surface area contributed by atoms with Gasteiger partial charge in [0.15, 0.2) is 0 Å². The zero-order chi connectivity index (χ0) is 7.98. The topological polar surface area (TPSA) is 29.5 Å². The van der Waals surface area contributed by atoms with Crippen LogP contribution in [0.1, 0.15) is 26.7 Å². The van der Waals surface area contributed by atoms with Gasteiger partial charge in [-0.05, 0) is 20.3 Å². The van der Waals surface area contributed by atoms with E-state index in [-0.39, 0.29) is 6.10 Å². The first kappa shape index (κ1) is 9.92. The normalized spacial score (nSPS) is 16.8. The van der Waals surface area contributed by atoms with Crippen LogP contribution in [-0.4, -0.2) is 23.9 Å². The van der Waals surface area contributed by atoms with E-state index in [1.54, 1.807) is 0 Å². The first-order valence-corrected chi connectivity index (χ1v) is 3.79. The summed E-state index contributed by atoms with van der Waals surface area (Å²) in [5.74, 6) is 0. The summed E-state index contributed by atoms with van der Waals surface area (Å²) in [4.78, 5) is 0. The number of aliphatic hydroxyl groups is 1. The first-order chi connectivity index (χ1) is 4.66. The fraction of sp³-hybridized carbons (Fsp3) is 0.875. The fourth-order valence-electron chi connectivity index (χ4n) is 0.765. The Balaban J connectivity index is 3.12. The Hall–Kier alpha value is -0.0800. The molecule has 0 rings (SSSR count). The molecular formula is C8H17O2. The van der Waals surface area contributed by atoms with Crippen molar-refractivity contribution in [1.29, 1.82) is 0 Å². The highest BCUT2D eigenvalue weighted by molar-refractivity contribution is 4.56. The van der Waals surface area contributed by atoms with Gasteiger partial charge in [0.1, 0.15) is 0 Å². The molecule has 0 aromatic rings. The van der Waals surface area contributed by atoms with Crippen LogP contribution in [0.4, 0.5) is 0 Å². The van der Waals surface area contributed by atoms with Gasteiger partial charge in [-0.25, -0.2) is 0 Å². The summed E-state index contributed by atoms with van der Waals surface area (Å²) < 4.78 is 5.23. The Bertz CT molecular complexity index is 71.7. The van der Waals surface area contributed by atoms with E-state index in [1.807, 2.05) is 6.92 Å². The van der Waals surface area contributed by atoms with Crippen molar-refractivity contribution >= 4 is 0 Å². The third-order valence-electron chi connectivity index (χ3n) is 1.27. The van der Waals surface area contributed by atoms with Crippen LogP contribution >= 0.6 is 0 Å². The van der Waals surface area contributed by atoms with Crippen molar-refractivity contribution in [3.63, 3.8) is 0 Å². The molecule has 0 bridgehead atoms. The molecule has 0 aromatic heterocycles. The van der Waals surface area contributed by atoms with Crippen molar-refractivity contribution in [2.24, 2.45) is 0 Å². The maximum atomic E-state index is 8.73. The second kappa shape index (κ2) is 5.69. The number of ether oxygens (including phenoxy) is 1. The fourth-order valence-corrected chi connectivity index (χ4v) is 0.765. The van der Waals surface area contributed by atoms with Gasteiger partial charge in [0.25, 0.3) is 0 Å². The van der Waals surface area contributed by atoms with E-state index >= 15 is 0 Å². The van der Waals surface area contributed by atoms with Crippen molar-refractivity contribution in [3.8, 4) is 0 Å². The quantitative estimate of drug-likeness (QED) is 0.633. The van der Waals surface area contributed by atoms with Gasteiger partial charge >= 0.3 is 0 Å². The van der Waals surface area contributed by atoms with Crippen LogP contribution in [0.5, 0.6) is 0 Å². The lowest BCUT2D eigenvalue weighted by Crippen LogP contribution is -2.16. The van der Waals surface area contributed by atoms with Crippen LogP contribution in [0.2, 0.25) is 0 Å². The van der Waals surface area contributed by atoms with Gasteiger partial charge in [-0.15, -0.1) is 0 Å². The van der Waals surface area contributed by atoms with Crippen molar-refractivity contribution in [1.82, 2.24) is 0 Å². The smallest absolute Gasteiger partial charge is 0.0774 e. The molecule has 2 nitrogen and oxygen atoms in total. The zero-order valence-corrected chi connectivity index (χ0v) is 6.84. The highest BCUT2D eigenvalue weighted by atomic mass is 16.5. The third kappa shape index (κ3) is 6.05. The van der Waals surface area contributed by atoms with Crippen LogP contribution in [0.25, 0.3) is 0 Å². The van der Waals surface area contributed by atoms with Crippen molar-refractivity contribution in [2.45, 2.75) is 38.9 Å². The van der Waals surface area contributed by atoms with Gasteiger partial charge in [0, 0.05) is 0 Å². The Kier molecular flexibility index (Phi) is 5.64. The summed E-state index contributed by atoms with van der Waals surface area (Å²) >= 11 is 0. The minimum Gasteiger partial charge on any atom is -0.391 e. The third-order valence-corrected chi connectivity index (χ3v) is 1.27. The second-order valence-corrected chi connectivity index (χ2v) is 2.59. The van der Waals surface area contributed by atoms with E-state index in [4.69, 9.17) is 9.84 Å². The average Bonchev–Trinajstić information content (AvgIpc) is 1.85. The van der Waals surface area contributed by atoms with Gasteiger partial charge in [0.05, 0.1) is 18.8 Å². The van der Waals surface area contributed by atoms with Crippen LogP contribution in [0.15, 0.2) is 0 Å². The highest BCUT2D eigenvalue weighted by Crippen LogP contribution is 2.00. The molecule has 0 aromatic carbocycles. The van der Waals surface area contributed by atoms with Crippen molar-refractivity contribution in [2.75, 3.05) is 6.61 Å². The van der Waals surface area contributed by atoms with Crippen LogP contribution in [-0.2, 0) is 4.74 Å². The van der Waals surface area contributed by atoms with E-state index in [0.717, 1.165) is 12.8 Å². The van der Waals surface area contributed by atoms with Crippen molar-refractivity contribution in [3.05, 3.63) is 6.92 Å². The molecule has 0 saturated carbocycles.